The Morgan fingerprint density at radius 1 is 0.828 bits per heavy atom. The molecule has 2 aromatic carbocycles. The van der Waals surface area contributed by atoms with Crippen LogP contribution in [0.1, 0.15) is 32.9 Å². The highest BCUT2D eigenvalue weighted by atomic mass is 16.2. The zero-order valence-corrected chi connectivity index (χ0v) is 17.5. The molecule has 3 aromatic rings. The molecular formula is C23H27N5O. The van der Waals surface area contributed by atoms with Gasteiger partial charge in [0.15, 0.2) is 5.69 Å². The molecule has 0 bridgehead atoms. The van der Waals surface area contributed by atoms with Gasteiger partial charge in [-0.25, -0.2) is 4.68 Å². The molecule has 0 atom stereocenters. The van der Waals surface area contributed by atoms with E-state index >= 15 is 0 Å². The summed E-state index contributed by atoms with van der Waals surface area (Å²) < 4.78 is 1.75. The number of carbonyl (C=O) groups is 1. The lowest BCUT2D eigenvalue weighted by molar-refractivity contribution is 0.0740. The van der Waals surface area contributed by atoms with Crippen molar-refractivity contribution in [3.05, 3.63) is 70.5 Å². The summed E-state index contributed by atoms with van der Waals surface area (Å²) in [6.45, 7) is 11.2. The molecule has 29 heavy (non-hydrogen) atoms. The molecule has 0 radical (unpaired) electrons. The molecule has 0 saturated carbocycles. The van der Waals surface area contributed by atoms with Crippen LogP contribution in [-0.4, -0.2) is 52.0 Å². The van der Waals surface area contributed by atoms with Crippen LogP contribution in [0.5, 0.6) is 0 Å². The fraction of sp³-hybridized carbons (Fsp3) is 0.348. The second kappa shape index (κ2) is 7.70. The Kier molecular flexibility index (Phi) is 5.09. The second-order valence-corrected chi connectivity index (χ2v) is 7.82. The molecule has 0 N–H and O–H groups in total. The summed E-state index contributed by atoms with van der Waals surface area (Å²) in [5.41, 5.74) is 7.03. The van der Waals surface area contributed by atoms with Gasteiger partial charge in [-0.05, 0) is 63.1 Å². The van der Waals surface area contributed by atoms with Crippen molar-refractivity contribution in [2.24, 2.45) is 0 Å². The monoisotopic (exact) mass is 389 g/mol. The van der Waals surface area contributed by atoms with Crippen molar-refractivity contribution in [2.45, 2.75) is 27.7 Å². The van der Waals surface area contributed by atoms with Crippen molar-refractivity contribution in [1.29, 1.82) is 0 Å². The summed E-state index contributed by atoms with van der Waals surface area (Å²) in [4.78, 5) is 17.3. The molecule has 0 unspecified atom stereocenters. The number of anilines is 1. The Labute approximate surface area is 171 Å². The van der Waals surface area contributed by atoms with Crippen LogP contribution in [0.4, 0.5) is 5.69 Å². The van der Waals surface area contributed by atoms with Gasteiger partial charge >= 0.3 is 0 Å². The maximum atomic E-state index is 13.1. The topological polar surface area (TPSA) is 54.3 Å². The third-order valence-corrected chi connectivity index (χ3v) is 5.80. The number of piperazine rings is 1. The Balaban J connectivity index is 1.47. The molecule has 1 aromatic heterocycles. The van der Waals surface area contributed by atoms with Crippen molar-refractivity contribution in [3.8, 4) is 5.69 Å². The molecule has 2 heterocycles. The maximum absolute atomic E-state index is 13.1. The van der Waals surface area contributed by atoms with E-state index in [1.807, 2.05) is 17.9 Å². The van der Waals surface area contributed by atoms with Crippen LogP contribution in [0.25, 0.3) is 5.69 Å². The zero-order chi connectivity index (χ0) is 20.5. The van der Waals surface area contributed by atoms with Crippen molar-refractivity contribution in [1.82, 2.24) is 19.9 Å². The molecule has 1 aliphatic rings. The van der Waals surface area contributed by atoms with E-state index in [2.05, 4.69) is 72.4 Å². The minimum atomic E-state index is -0.0406. The van der Waals surface area contributed by atoms with Gasteiger partial charge in [0.05, 0.1) is 11.4 Å². The van der Waals surface area contributed by atoms with Crippen LogP contribution in [0.15, 0.2) is 42.5 Å². The number of amides is 1. The smallest absolute Gasteiger partial charge is 0.276 e. The second-order valence-electron chi connectivity index (χ2n) is 7.82. The summed E-state index contributed by atoms with van der Waals surface area (Å²) in [5, 5.41) is 8.47. The van der Waals surface area contributed by atoms with E-state index < -0.39 is 0 Å². The standard InChI is InChI=1S/C23H27N5O/c1-16-5-8-20(9-6-16)26-11-13-27(14-12-26)23(29)22-19(4)28(25-24-22)21-10-7-17(2)18(3)15-21/h5-10,15H,11-14H2,1-4H3. The molecule has 1 fully saturated rings. The fourth-order valence-electron chi connectivity index (χ4n) is 3.70. The summed E-state index contributed by atoms with van der Waals surface area (Å²) in [6.07, 6.45) is 0. The average Bonchev–Trinajstić information content (AvgIpc) is 3.11. The number of carbonyl (C=O) groups excluding carboxylic acids is 1. The van der Waals surface area contributed by atoms with E-state index in [-0.39, 0.29) is 5.91 Å². The van der Waals surface area contributed by atoms with Gasteiger partial charge in [-0.2, -0.15) is 0 Å². The summed E-state index contributed by atoms with van der Waals surface area (Å²) in [5.74, 6) is -0.0406. The zero-order valence-electron chi connectivity index (χ0n) is 17.5. The lowest BCUT2D eigenvalue weighted by Gasteiger charge is -2.35. The predicted molar refractivity (Wildman–Crippen MR) is 115 cm³/mol. The van der Waals surface area contributed by atoms with Crippen LogP contribution >= 0.6 is 0 Å². The Hall–Kier alpha value is -3.15. The van der Waals surface area contributed by atoms with Gasteiger partial charge in [0.1, 0.15) is 0 Å². The molecule has 1 aliphatic heterocycles. The molecule has 0 spiro atoms. The number of aryl methyl sites for hydroxylation is 3. The molecule has 1 saturated heterocycles. The van der Waals surface area contributed by atoms with Gasteiger partial charge in [-0.15, -0.1) is 5.10 Å². The van der Waals surface area contributed by atoms with Gasteiger partial charge in [-0.3, -0.25) is 4.79 Å². The molecule has 6 nitrogen and oxygen atoms in total. The van der Waals surface area contributed by atoms with Crippen LogP contribution in [-0.2, 0) is 0 Å². The number of hydrogen-bond donors (Lipinski definition) is 0. The minimum Gasteiger partial charge on any atom is -0.368 e. The van der Waals surface area contributed by atoms with Crippen LogP contribution < -0.4 is 4.90 Å². The van der Waals surface area contributed by atoms with Gasteiger partial charge in [0.25, 0.3) is 5.91 Å². The Bertz CT molecular complexity index is 1030. The van der Waals surface area contributed by atoms with Crippen molar-refractivity contribution in [2.75, 3.05) is 31.1 Å². The first-order valence-corrected chi connectivity index (χ1v) is 10.0. The van der Waals surface area contributed by atoms with E-state index in [1.54, 1.807) is 4.68 Å². The molecule has 1 amide bonds. The molecule has 150 valence electrons. The van der Waals surface area contributed by atoms with Crippen LogP contribution in [0, 0.1) is 27.7 Å². The molecule has 0 aliphatic carbocycles. The van der Waals surface area contributed by atoms with E-state index in [9.17, 15) is 4.79 Å². The van der Waals surface area contributed by atoms with Gasteiger partial charge in [0.2, 0.25) is 0 Å². The SMILES string of the molecule is Cc1ccc(N2CCN(C(=O)c3nnn(-c4ccc(C)c(C)c4)c3C)CC2)cc1. The van der Waals surface area contributed by atoms with Gasteiger partial charge < -0.3 is 9.80 Å². The number of nitrogens with zero attached hydrogens (tertiary/aromatic N) is 5. The van der Waals surface area contributed by atoms with Gasteiger partial charge in [-0.1, -0.05) is 29.0 Å². The number of hydrogen-bond acceptors (Lipinski definition) is 4. The van der Waals surface area contributed by atoms with E-state index in [1.165, 1.54) is 22.4 Å². The third-order valence-electron chi connectivity index (χ3n) is 5.80. The minimum absolute atomic E-state index is 0.0406. The Morgan fingerprint density at radius 3 is 2.14 bits per heavy atom. The number of rotatable bonds is 3. The fourth-order valence-corrected chi connectivity index (χ4v) is 3.70. The first-order chi connectivity index (χ1) is 13.9. The number of benzene rings is 2. The largest absolute Gasteiger partial charge is 0.368 e. The lowest BCUT2D eigenvalue weighted by atomic mass is 10.1. The molecule has 6 heteroatoms. The highest BCUT2D eigenvalue weighted by Crippen LogP contribution is 2.20. The highest BCUT2D eigenvalue weighted by Gasteiger charge is 2.26. The predicted octanol–water partition coefficient (Wildman–Crippen LogP) is 3.46. The molecule has 4 rings (SSSR count). The lowest BCUT2D eigenvalue weighted by Crippen LogP contribution is -2.49. The maximum Gasteiger partial charge on any atom is 0.276 e. The summed E-state index contributed by atoms with van der Waals surface area (Å²) >= 11 is 0. The number of aromatic nitrogens is 3. The quantitative estimate of drug-likeness (QED) is 0.688. The first-order valence-electron chi connectivity index (χ1n) is 10.0. The van der Waals surface area contributed by atoms with Crippen molar-refractivity contribution >= 4 is 11.6 Å². The van der Waals surface area contributed by atoms with Gasteiger partial charge in [0, 0.05) is 31.9 Å². The summed E-state index contributed by atoms with van der Waals surface area (Å²) in [6, 6.07) is 14.7. The third kappa shape index (κ3) is 3.75. The normalized spacial score (nSPS) is 14.3. The van der Waals surface area contributed by atoms with E-state index in [0.29, 0.717) is 18.8 Å². The first kappa shape index (κ1) is 19.2. The Morgan fingerprint density at radius 2 is 1.48 bits per heavy atom. The average molecular weight is 390 g/mol. The van der Waals surface area contributed by atoms with E-state index in [0.717, 1.165) is 24.5 Å². The van der Waals surface area contributed by atoms with Crippen LogP contribution in [0.2, 0.25) is 0 Å². The van der Waals surface area contributed by atoms with Crippen molar-refractivity contribution in [3.63, 3.8) is 0 Å². The molecular weight excluding hydrogens is 362 g/mol. The van der Waals surface area contributed by atoms with E-state index in [4.69, 9.17) is 0 Å². The van der Waals surface area contributed by atoms with Crippen molar-refractivity contribution < 1.29 is 4.79 Å². The highest BCUT2D eigenvalue weighted by molar-refractivity contribution is 5.93. The summed E-state index contributed by atoms with van der Waals surface area (Å²) in [7, 11) is 0. The van der Waals surface area contributed by atoms with Crippen LogP contribution in [0.3, 0.4) is 0 Å².